The van der Waals surface area contributed by atoms with Gasteiger partial charge in [-0.2, -0.15) is 13.2 Å². The Bertz CT molecular complexity index is 1310. The molecular formula is C24H27F3N6O4. The number of alkyl halides is 3. The number of nitrogens with zero attached hydrogens (tertiary/aromatic N) is 4. The number of piperidine rings is 1. The summed E-state index contributed by atoms with van der Waals surface area (Å²) in [5.74, 6) is 0.109. The van der Waals surface area contributed by atoms with E-state index in [9.17, 15) is 27.6 Å². The number of Topliss-reactive ketones (excluding diaryl/α,β-unsaturated/α-hetero) is 1. The minimum absolute atomic E-state index is 0.0452. The number of anilines is 2. The highest BCUT2D eigenvalue weighted by Crippen LogP contribution is 2.36. The van der Waals surface area contributed by atoms with Gasteiger partial charge >= 0.3 is 6.18 Å². The number of amides is 1. The van der Waals surface area contributed by atoms with E-state index in [1.807, 2.05) is 0 Å². The lowest BCUT2D eigenvalue weighted by Gasteiger charge is -2.40. The Labute approximate surface area is 210 Å². The Balaban J connectivity index is 1.47. The van der Waals surface area contributed by atoms with Gasteiger partial charge in [0.25, 0.3) is 11.5 Å². The molecule has 1 amide bonds. The van der Waals surface area contributed by atoms with Crippen LogP contribution in [0.3, 0.4) is 0 Å². The van der Waals surface area contributed by atoms with Crippen molar-refractivity contribution in [2.45, 2.75) is 50.9 Å². The van der Waals surface area contributed by atoms with Crippen LogP contribution in [0.15, 0.2) is 17.2 Å². The molecule has 0 aromatic carbocycles. The van der Waals surface area contributed by atoms with Crippen LogP contribution in [0.1, 0.15) is 47.4 Å². The molecular weight excluding hydrogens is 493 g/mol. The van der Waals surface area contributed by atoms with E-state index >= 15 is 0 Å². The second-order valence-corrected chi connectivity index (χ2v) is 9.85. The van der Waals surface area contributed by atoms with Gasteiger partial charge in [0.05, 0.1) is 25.8 Å². The van der Waals surface area contributed by atoms with Gasteiger partial charge in [-0.3, -0.25) is 23.9 Å². The molecule has 0 unspecified atom stereocenters. The molecule has 2 N–H and O–H groups in total. The maximum absolute atomic E-state index is 13.7. The zero-order chi connectivity index (χ0) is 26.5. The number of rotatable bonds is 7. The minimum Gasteiger partial charge on any atom is -0.491 e. The lowest BCUT2D eigenvalue weighted by atomic mass is 9.96. The number of aromatic nitrogens is 3. The van der Waals surface area contributed by atoms with Crippen molar-refractivity contribution in [1.82, 2.24) is 24.8 Å². The van der Waals surface area contributed by atoms with Gasteiger partial charge in [-0.25, -0.2) is 9.97 Å². The van der Waals surface area contributed by atoms with Crippen LogP contribution in [0.5, 0.6) is 5.75 Å². The number of hydrogen-bond acceptors (Lipinski definition) is 8. The summed E-state index contributed by atoms with van der Waals surface area (Å²) in [6.07, 6.45) is -0.936. The second-order valence-electron chi connectivity index (χ2n) is 9.85. The van der Waals surface area contributed by atoms with Gasteiger partial charge in [0.15, 0.2) is 11.6 Å². The van der Waals surface area contributed by atoms with Crippen LogP contribution >= 0.6 is 0 Å². The standard InChI is InChI=1S/C24H27F3N6O4/c1-13-9-16(30-20-19(37-2)15(28-12-29-20)10-17(34)14-3-4-14)22(36)33-18(13)21(35)31-23(33)5-7-32(8-6-23)11-24(25,26)27/h9,12,14H,3-8,10-11H2,1-2H3,(H,31,35)(H,28,29,30). The van der Waals surface area contributed by atoms with E-state index in [-0.39, 0.29) is 67.0 Å². The molecule has 5 rings (SSSR count). The molecule has 1 saturated heterocycles. The molecule has 37 heavy (non-hydrogen) atoms. The maximum Gasteiger partial charge on any atom is 0.401 e. The van der Waals surface area contributed by atoms with Gasteiger partial charge in [-0.15, -0.1) is 0 Å². The summed E-state index contributed by atoms with van der Waals surface area (Å²) in [6, 6.07) is 1.53. The number of fused-ring (bicyclic) bond motifs is 2. The first-order valence-corrected chi connectivity index (χ1v) is 12.1. The molecule has 2 aliphatic heterocycles. The molecule has 1 aliphatic carbocycles. The van der Waals surface area contributed by atoms with Crippen LogP contribution in [-0.4, -0.2) is 64.0 Å². The molecule has 2 fully saturated rings. The van der Waals surface area contributed by atoms with E-state index in [0.29, 0.717) is 11.3 Å². The largest absolute Gasteiger partial charge is 0.491 e. The third kappa shape index (κ3) is 4.79. The third-order valence-electron chi connectivity index (χ3n) is 7.18. The summed E-state index contributed by atoms with van der Waals surface area (Å²) >= 11 is 0. The Hall–Kier alpha value is -3.48. The monoisotopic (exact) mass is 520 g/mol. The lowest BCUT2D eigenvalue weighted by molar-refractivity contribution is -0.150. The molecule has 0 atom stereocenters. The van der Waals surface area contributed by atoms with Crippen LogP contribution in [0.25, 0.3) is 0 Å². The predicted molar refractivity (Wildman–Crippen MR) is 126 cm³/mol. The molecule has 2 aromatic heterocycles. The van der Waals surface area contributed by atoms with Gasteiger partial charge in [0.1, 0.15) is 29.2 Å². The summed E-state index contributed by atoms with van der Waals surface area (Å²) in [7, 11) is 1.42. The number of nitrogens with one attached hydrogen (secondary N) is 2. The molecule has 198 valence electrons. The van der Waals surface area contributed by atoms with Crippen LogP contribution in [0, 0.1) is 12.8 Å². The normalized spacial score (nSPS) is 19.0. The van der Waals surface area contributed by atoms with E-state index in [1.165, 1.54) is 29.0 Å². The Kier molecular flexibility index (Phi) is 6.21. The van der Waals surface area contributed by atoms with Crippen molar-refractivity contribution in [3.8, 4) is 5.75 Å². The average Bonchev–Trinajstić information content (AvgIpc) is 3.63. The zero-order valence-electron chi connectivity index (χ0n) is 20.4. The van der Waals surface area contributed by atoms with E-state index in [4.69, 9.17) is 4.74 Å². The van der Waals surface area contributed by atoms with Crippen molar-refractivity contribution in [1.29, 1.82) is 0 Å². The Morgan fingerprint density at radius 1 is 1.24 bits per heavy atom. The highest BCUT2D eigenvalue weighted by Gasteiger charge is 2.47. The molecule has 13 heteroatoms. The molecule has 2 aromatic rings. The highest BCUT2D eigenvalue weighted by molar-refractivity contribution is 5.97. The van der Waals surface area contributed by atoms with Gasteiger partial charge < -0.3 is 15.4 Å². The van der Waals surface area contributed by atoms with Crippen molar-refractivity contribution in [2.24, 2.45) is 5.92 Å². The van der Waals surface area contributed by atoms with E-state index < -0.39 is 29.9 Å². The molecule has 4 heterocycles. The highest BCUT2D eigenvalue weighted by atomic mass is 19.4. The van der Waals surface area contributed by atoms with Crippen LogP contribution in [0.2, 0.25) is 0 Å². The molecule has 1 saturated carbocycles. The fourth-order valence-electron chi connectivity index (χ4n) is 5.22. The Morgan fingerprint density at radius 2 is 1.95 bits per heavy atom. The van der Waals surface area contributed by atoms with Crippen molar-refractivity contribution in [3.05, 3.63) is 39.7 Å². The van der Waals surface area contributed by atoms with E-state index in [2.05, 4.69) is 20.6 Å². The number of hydrogen-bond donors (Lipinski definition) is 2. The maximum atomic E-state index is 13.7. The van der Waals surface area contributed by atoms with Gasteiger partial charge in [-0.1, -0.05) is 0 Å². The van der Waals surface area contributed by atoms with Gasteiger partial charge in [0, 0.05) is 31.8 Å². The minimum atomic E-state index is -4.33. The molecule has 0 bridgehead atoms. The predicted octanol–water partition coefficient (Wildman–Crippen LogP) is 2.27. The quantitative estimate of drug-likeness (QED) is 0.571. The molecule has 10 nitrogen and oxygen atoms in total. The zero-order valence-corrected chi connectivity index (χ0v) is 20.4. The van der Waals surface area contributed by atoms with Crippen molar-refractivity contribution in [2.75, 3.05) is 32.1 Å². The molecule has 0 radical (unpaired) electrons. The SMILES string of the molecule is COc1c(CC(=O)C2CC2)ncnc1Nc1cc(C)c2n(c1=O)C1(CCN(CC(F)(F)F)CC1)NC2=O. The van der Waals surface area contributed by atoms with Crippen LogP contribution in [-0.2, 0) is 16.9 Å². The summed E-state index contributed by atoms with van der Waals surface area (Å²) in [4.78, 5) is 48.5. The number of carbonyl (C=O) groups excluding carboxylic acids is 2. The number of ketones is 1. The fourth-order valence-corrected chi connectivity index (χ4v) is 5.22. The third-order valence-corrected chi connectivity index (χ3v) is 7.18. The number of likely N-dealkylation sites (tertiary alicyclic amines) is 1. The van der Waals surface area contributed by atoms with Gasteiger partial charge in [0.2, 0.25) is 0 Å². The number of carbonyl (C=O) groups is 2. The fraction of sp³-hybridized carbons (Fsp3) is 0.542. The number of pyridine rings is 1. The number of ether oxygens (including phenoxy) is 1. The number of methoxy groups -OCH3 is 1. The summed E-state index contributed by atoms with van der Waals surface area (Å²) in [6.45, 7) is 0.782. The smallest absolute Gasteiger partial charge is 0.401 e. The second kappa shape index (κ2) is 9.12. The first-order chi connectivity index (χ1) is 17.5. The van der Waals surface area contributed by atoms with Crippen LogP contribution < -0.4 is 20.9 Å². The topological polar surface area (TPSA) is 118 Å². The van der Waals surface area contributed by atoms with Crippen molar-refractivity contribution < 1.29 is 27.5 Å². The van der Waals surface area contributed by atoms with E-state index in [0.717, 1.165) is 12.8 Å². The Morgan fingerprint density at radius 3 is 2.57 bits per heavy atom. The summed E-state index contributed by atoms with van der Waals surface area (Å²) in [5.41, 5.74) is -0.409. The van der Waals surface area contributed by atoms with Crippen molar-refractivity contribution >= 4 is 23.2 Å². The molecule has 3 aliphatic rings. The number of aryl methyl sites for hydroxylation is 1. The average molecular weight is 521 g/mol. The van der Waals surface area contributed by atoms with Gasteiger partial charge in [-0.05, 0) is 31.4 Å². The van der Waals surface area contributed by atoms with Crippen LogP contribution in [0.4, 0.5) is 24.7 Å². The van der Waals surface area contributed by atoms with Crippen molar-refractivity contribution in [3.63, 3.8) is 0 Å². The number of halogens is 3. The first kappa shape index (κ1) is 25.2. The summed E-state index contributed by atoms with van der Waals surface area (Å²) in [5, 5.41) is 5.84. The lowest BCUT2D eigenvalue weighted by Crippen LogP contribution is -2.55. The van der Waals surface area contributed by atoms with E-state index in [1.54, 1.807) is 6.92 Å². The summed E-state index contributed by atoms with van der Waals surface area (Å²) < 4.78 is 45.5. The first-order valence-electron chi connectivity index (χ1n) is 12.1. The molecule has 1 spiro atoms.